The van der Waals surface area contributed by atoms with Crippen molar-refractivity contribution in [2.45, 2.75) is 65.3 Å². The van der Waals surface area contributed by atoms with Crippen LogP contribution in [0.2, 0.25) is 0 Å². The number of aliphatic imine (C=N–C) groups is 1. The van der Waals surface area contributed by atoms with E-state index >= 15 is 0 Å². The Hall–Kier alpha value is -3.52. The van der Waals surface area contributed by atoms with Crippen LogP contribution in [-0.2, 0) is 14.4 Å². The molecule has 44 heavy (non-hydrogen) atoms. The lowest BCUT2D eigenvalue weighted by Crippen LogP contribution is -2.52. The lowest BCUT2D eigenvalue weighted by atomic mass is 9.87. The summed E-state index contributed by atoms with van der Waals surface area (Å²) in [6.45, 7) is 11.4. The molecule has 2 saturated heterocycles. The lowest BCUT2D eigenvalue weighted by molar-refractivity contribution is -0.140. The molecular formula is C36H42N4O3S. The molecule has 230 valence electrons. The Morgan fingerprint density at radius 2 is 1.61 bits per heavy atom. The van der Waals surface area contributed by atoms with Gasteiger partial charge in [-0.1, -0.05) is 44.2 Å². The Morgan fingerprint density at radius 3 is 2.30 bits per heavy atom. The molecule has 1 spiro atoms. The first-order valence-corrected chi connectivity index (χ1v) is 17.0. The molecule has 4 heterocycles. The van der Waals surface area contributed by atoms with Crippen LogP contribution in [0.1, 0.15) is 62.0 Å². The highest BCUT2D eigenvalue weighted by Gasteiger charge is 2.51. The van der Waals surface area contributed by atoms with Crippen molar-refractivity contribution >= 4 is 45.0 Å². The molecule has 1 aliphatic carbocycles. The fourth-order valence-corrected chi connectivity index (χ4v) is 8.25. The molecule has 1 atom stereocenters. The minimum Gasteiger partial charge on any atom is -0.342 e. The molecule has 3 fully saturated rings. The fraction of sp³-hybridized carbons (Fsp3) is 0.500. The van der Waals surface area contributed by atoms with Crippen LogP contribution in [0, 0.1) is 31.6 Å². The van der Waals surface area contributed by atoms with Crippen molar-refractivity contribution < 1.29 is 14.4 Å². The van der Waals surface area contributed by atoms with Crippen molar-refractivity contribution in [2.75, 3.05) is 32.7 Å². The average molecular weight is 611 g/mol. The Kier molecular flexibility index (Phi) is 7.39. The van der Waals surface area contributed by atoms with Crippen LogP contribution in [0.25, 0.3) is 21.2 Å². The highest BCUT2D eigenvalue weighted by molar-refractivity contribution is 7.19. The zero-order chi connectivity index (χ0) is 30.7. The first kappa shape index (κ1) is 29.2. The van der Waals surface area contributed by atoms with Gasteiger partial charge in [0, 0.05) is 59.7 Å². The third-order valence-corrected chi connectivity index (χ3v) is 11.4. The summed E-state index contributed by atoms with van der Waals surface area (Å²) in [5.41, 5.74) is 3.76. The Labute approximate surface area is 263 Å². The number of nitrogens with zero attached hydrogens (tertiary/aromatic N) is 4. The van der Waals surface area contributed by atoms with Gasteiger partial charge in [-0.05, 0) is 86.1 Å². The molecule has 0 N–H and O–H groups in total. The molecule has 3 aliphatic heterocycles. The number of carbonyl (C=O) groups excluding carboxylic acids is 3. The van der Waals surface area contributed by atoms with E-state index in [1.54, 1.807) is 0 Å². The van der Waals surface area contributed by atoms with Crippen molar-refractivity contribution in [1.82, 2.24) is 14.7 Å². The van der Waals surface area contributed by atoms with Gasteiger partial charge in [-0.3, -0.25) is 24.3 Å². The highest BCUT2D eigenvalue weighted by atomic mass is 32.1. The number of benzene rings is 2. The summed E-state index contributed by atoms with van der Waals surface area (Å²) in [4.78, 5) is 52.1. The number of fused-ring (bicyclic) bond motifs is 1. The van der Waals surface area contributed by atoms with E-state index < -0.39 is 5.54 Å². The zero-order valence-electron chi connectivity index (χ0n) is 26.3. The number of aryl methyl sites for hydroxylation is 2. The van der Waals surface area contributed by atoms with Crippen LogP contribution in [0.3, 0.4) is 0 Å². The largest absolute Gasteiger partial charge is 0.342 e. The molecule has 7 nitrogen and oxygen atoms in total. The maximum Gasteiger partial charge on any atom is 0.256 e. The maximum absolute atomic E-state index is 14.3. The maximum atomic E-state index is 14.3. The van der Waals surface area contributed by atoms with Gasteiger partial charge < -0.3 is 9.80 Å². The third-order valence-electron chi connectivity index (χ3n) is 10.2. The van der Waals surface area contributed by atoms with Gasteiger partial charge in [-0.2, -0.15) is 0 Å². The van der Waals surface area contributed by atoms with Crippen LogP contribution in [-0.4, -0.2) is 76.5 Å². The lowest BCUT2D eigenvalue weighted by Gasteiger charge is -2.37. The third kappa shape index (κ3) is 5.15. The van der Waals surface area contributed by atoms with Gasteiger partial charge in [0.1, 0.15) is 11.4 Å². The standard InChI is InChI=1S/C36H42N4O3S/c1-22(2)33(41)38-17-14-36(15-18-38)35(43)40(21-25-13-16-39(20-25)34(42)28-9-10-28)32(37-36)27-7-5-26(6-8-27)29-11-12-31-30(19-29)23(3)24(4)44-31/h5-8,11-12,19,22,25,28H,9-10,13-18,20-21H2,1-4H3/t25-/m1/s1. The molecule has 0 unspecified atom stereocenters. The number of hydrogen-bond donors (Lipinski definition) is 0. The molecule has 3 aromatic rings. The van der Waals surface area contributed by atoms with Crippen LogP contribution >= 0.6 is 11.3 Å². The average Bonchev–Trinajstić information content (AvgIpc) is 3.64. The van der Waals surface area contributed by atoms with Crippen LogP contribution in [0.15, 0.2) is 47.5 Å². The van der Waals surface area contributed by atoms with Crippen LogP contribution in [0.4, 0.5) is 0 Å². The predicted molar refractivity (Wildman–Crippen MR) is 176 cm³/mol. The van der Waals surface area contributed by atoms with Crippen LogP contribution < -0.4 is 0 Å². The molecule has 3 amide bonds. The van der Waals surface area contributed by atoms with Gasteiger partial charge in [-0.15, -0.1) is 11.3 Å². The summed E-state index contributed by atoms with van der Waals surface area (Å²) >= 11 is 1.84. The molecule has 7 rings (SSSR count). The number of thiophene rings is 1. The SMILES string of the molecule is Cc1sc2ccc(-c3ccc(C4=NC5(CCN(C(=O)C(C)C)CC5)C(=O)N4C[C@@H]4CCN(C(=O)C5CC5)C4)cc3)cc2c1C. The quantitative estimate of drug-likeness (QED) is 0.341. The van der Waals surface area contributed by atoms with Crippen molar-refractivity contribution in [2.24, 2.45) is 22.7 Å². The summed E-state index contributed by atoms with van der Waals surface area (Å²) in [5, 5.41) is 1.31. The summed E-state index contributed by atoms with van der Waals surface area (Å²) in [6.07, 6.45) is 4.01. The summed E-state index contributed by atoms with van der Waals surface area (Å²) in [6, 6.07) is 15.1. The molecule has 8 heteroatoms. The first-order chi connectivity index (χ1) is 21.1. The monoisotopic (exact) mass is 610 g/mol. The minimum atomic E-state index is -0.830. The number of likely N-dealkylation sites (tertiary alicyclic amines) is 2. The summed E-state index contributed by atoms with van der Waals surface area (Å²) in [7, 11) is 0. The number of carbonyl (C=O) groups is 3. The molecule has 0 radical (unpaired) electrons. The van der Waals surface area contributed by atoms with Gasteiger partial charge in [0.05, 0.1) is 0 Å². The van der Waals surface area contributed by atoms with Gasteiger partial charge >= 0.3 is 0 Å². The number of rotatable bonds is 6. The van der Waals surface area contributed by atoms with E-state index in [0.717, 1.165) is 42.8 Å². The van der Waals surface area contributed by atoms with Crippen molar-refractivity contribution in [3.63, 3.8) is 0 Å². The second-order valence-electron chi connectivity index (χ2n) is 13.6. The van der Waals surface area contributed by atoms with E-state index in [4.69, 9.17) is 4.99 Å². The molecule has 0 bridgehead atoms. The van der Waals surface area contributed by atoms with Gasteiger partial charge in [0.2, 0.25) is 11.8 Å². The van der Waals surface area contributed by atoms with Gasteiger partial charge in [-0.25, -0.2) is 0 Å². The number of amides is 3. The van der Waals surface area contributed by atoms with E-state index in [2.05, 4.69) is 56.3 Å². The molecule has 1 aromatic heterocycles. The van der Waals surface area contributed by atoms with Gasteiger partial charge in [0.25, 0.3) is 5.91 Å². The molecule has 2 aromatic carbocycles. The number of amidine groups is 1. The highest BCUT2D eigenvalue weighted by Crippen LogP contribution is 2.38. The molecule has 4 aliphatic rings. The van der Waals surface area contributed by atoms with Crippen molar-refractivity contribution in [3.05, 3.63) is 58.5 Å². The number of hydrogen-bond acceptors (Lipinski definition) is 5. The summed E-state index contributed by atoms with van der Waals surface area (Å²) in [5.74, 6) is 1.59. The first-order valence-electron chi connectivity index (χ1n) is 16.2. The van der Waals surface area contributed by atoms with E-state index in [-0.39, 0.29) is 35.5 Å². The zero-order valence-corrected chi connectivity index (χ0v) is 27.1. The van der Waals surface area contributed by atoms with E-state index in [9.17, 15) is 14.4 Å². The molecular weight excluding hydrogens is 568 g/mol. The molecule has 1 saturated carbocycles. The Bertz CT molecular complexity index is 1660. The predicted octanol–water partition coefficient (Wildman–Crippen LogP) is 6.05. The Morgan fingerprint density at radius 1 is 0.932 bits per heavy atom. The normalized spacial score (nSPS) is 21.7. The van der Waals surface area contributed by atoms with Crippen LogP contribution in [0.5, 0.6) is 0 Å². The van der Waals surface area contributed by atoms with Crippen molar-refractivity contribution in [3.8, 4) is 11.1 Å². The van der Waals surface area contributed by atoms with Gasteiger partial charge in [0.15, 0.2) is 0 Å². The smallest absolute Gasteiger partial charge is 0.256 e. The minimum absolute atomic E-state index is 0.0500. The second-order valence-corrected chi connectivity index (χ2v) is 14.9. The summed E-state index contributed by atoms with van der Waals surface area (Å²) < 4.78 is 1.31. The fourth-order valence-electron chi connectivity index (χ4n) is 7.20. The number of piperidine rings is 1. The van der Waals surface area contributed by atoms with E-state index in [0.29, 0.717) is 39.0 Å². The topological polar surface area (TPSA) is 73.3 Å². The Balaban J connectivity index is 1.16. The van der Waals surface area contributed by atoms with E-state index in [1.165, 1.54) is 26.1 Å². The van der Waals surface area contributed by atoms with Crippen molar-refractivity contribution in [1.29, 1.82) is 0 Å². The second kappa shape index (κ2) is 11.1. The van der Waals surface area contributed by atoms with E-state index in [1.807, 2.05) is 39.9 Å².